The fourth-order valence-electron chi connectivity index (χ4n) is 2.33. The largest absolute Gasteiger partial charge is 0.493 e. The number of anilines is 1. The number of hydrogen-bond donors (Lipinski definition) is 1. The fraction of sp³-hybridized carbons (Fsp3) is 0.500. The van der Waals surface area contributed by atoms with Gasteiger partial charge in [-0.05, 0) is 34.7 Å². The Morgan fingerprint density at radius 1 is 1.24 bits per heavy atom. The smallest absolute Gasteiger partial charge is 0.184 e. The van der Waals surface area contributed by atoms with E-state index in [-0.39, 0.29) is 0 Å². The van der Waals surface area contributed by atoms with Gasteiger partial charge in [-0.25, -0.2) is 4.68 Å². The van der Waals surface area contributed by atoms with Gasteiger partial charge in [-0.1, -0.05) is 6.92 Å². The van der Waals surface area contributed by atoms with Crippen LogP contribution >= 0.6 is 0 Å². The van der Waals surface area contributed by atoms with Crippen LogP contribution in [0.5, 0.6) is 11.5 Å². The van der Waals surface area contributed by atoms with Gasteiger partial charge in [-0.3, -0.25) is 0 Å². The van der Waals surface area contributed by atoms with Crippen LogP contribution in [0.3, 0.4) is 0 Å². The second-order valence-electron chi connectivity index (χ2n) is 5.77. The third-order valence-corrected chi connectivity index (χ3v) is 3.96. The van der Waals surface area contributed by atoms with Crippen molar-refractivity contribution < 1.29 is 9.47 Å². The molecular weight excluding hydrogens is 270 g/mol. The lowest BCUT2D eigenvalue weighted by Gasteiger charge is -2.13. The molecule has 0 radical (unpaired) electrons. The summed E-state index contributed by atoms with van der Waals surface area (Å²) >= 11 is 0. The SMILES string of the molecule is COc1cc(N)c(-c2nnnn2CC2(C)CC2)cc1OC. The van der Waals surface area contributed by atoms with Crippen molar-refractivity contribution >= 4 is 5.69 Å². The summed E-state index contributed by atoms with van der Waals surface area (Å²) in [6, 6.07) is 3.54. The predicted molar refractivity (Wildman–Crippen MR) is 78.1 cm³/mol. The molecule has 7 nitrogen and oxygen atoms in total. The first kappa shape index (κ1) is 13.7. The zero-order valence-corrected chi connectivity index (χ0v) is 12.5. The minimum absolute atomic E-state index is 0.301. The third kappa shape index (κ3) is 2.51. The minimum atomic E-state index is 0.301. The molecule has 1 saturated carbocycles. The average molecular weight is 289 g/mol. The maximum absolute atomic E-state index is 6.12. The summed E-state index contributed by atoms with van der Waals surface area (Å²) in [6.07, 6.45) is 2.40. The molecule has 1 fully saturated rings. The normalized spacial score (nSPS) is 15.8. The molecule has 1 aromatic heterocycles. The highest BCUT2D eigenvalue weighted by atomic mass is 16.5. The van der Waals surface area contributed by atoms with Crippen molar-refractivity contribution in [3.05, 3.63) is 12.1 Å². The van der Waals surface area contributed by atoms with Gasteiger partial charge >= 0.3 is 0 Å². The number of nitrogens with zero attached hydrogens (tertiary/aromatic N) is 4. The lowest BCUT2D eigenvalue weighted by atomic mass is 10.1. The van der Waals surface area contributed by atoms with Crippen LogP contribution in [0.15, 0.2) is 12.1 Å². The summed E-state index contributed by atoms with van der Waals surface area (Å²) in [5, 5.41) is 12.0. The Labute approximate surface area is 123 Å². The third-order valence-electron chi connectivity index (χ3n) is 3.96. The first-order chi connectivity index (χ1) is 10.1. The molecule has 1 aliphatic carbocycles. The molecule has 112 valence electrons. The Morgan fingerprint density at radius 3 is 2.52 bits per heavy atom. The number of nitrogens with two attached hydrogens (primary N) is 1. The van der Waals surface area contributed by atoms with Crippen LogP contribution in [0.25, 0.3) is 11.4 Å². The molecule has 0 amide bonds. The van der Waals surface area contributed by atoms with Gasteiger partial charge in [0.25, 0.3) is 0 Å². The fourth-order valence-corrected chi connectivity index (χ4v) is 2.33. The Bertz CT molecular complexity index is 663. The van der Waals surface area contributed by atoms with Crippen molar-refractivity contribution in [1.29, 1.82) is 0 Å². The van der Waals surface area contributed by atoms with E-state index in [1.165, 1.54) is 12.8 Å². The molecule has 1 aliphatic rings. The molecule has 0 spiro atoms. The summed E-state index contributed by atoms with van der Waals surface area (Å²) in [5.74, 6) is 1.85. The summed E-state index contributed by atoms with van der Waals surface area (Å²) in [6.45, 7) is 3.03. The van der Waals surface area contributed by atoms with E-state index in [1.807, 2.05) is 10.7 Å². The summed E-state index contributed by atoms with van der Waals surface area (Å²) in [4.78, 5) is 0. The molecule has 0 unspecified atom stereocenters. The van der Waals surface area contributed by atoms with Crippen LogP contribution in [0.2, 0.25) is 0 Å². The molecule has 0 saturated heterocycles. The molecular formula is C14H19N5O2. The zero-order valence-electron chi connectivity index (χ0n) is 12.5. The van der Waals surface area contributed by atoms with Gasteiger partial charge in [0.2, 0.25) is 0 Å². The van der Waals surface area contributed by atoms with Crippen LogP contribution in [-0.4, -0.2) is 34.4 Å². The number of ether oxygens (including phenoxy) is 2. The molecule has 0 atom stereocenters. The summed E-state index contributed by atoms with van der Waals surface area (Å²) < 4.78 is 12.4. The molecule has 0 aliphatic heterocycles. The number of aromatic nitrogens is 4. The number of rotatable bonds is 5. The first-order valence-electron chi connectivity index (χ1n) is 6.84. The van der Waals surface area contributed by atoms with Crippen molar-refractivity contribution in [2.75, 3.05) is 20.0 Å². The quantitative estimate of drug-likeness (QED) is 0.843. The van der Waals surface area contributed by atoms with Crippen molar-refractivity contribution in [1.82, 2.24) is 20.2 Å². The van der Waals surface area contributed by atoms with E-state index in [1.54, 1.807) is 20.3 Å². The van der Waals surface area contributed by atoms with Gasteiger partial charge in [0.1, 0.15) is 0 Å². The van der Waals surface area contributed by atoms with Gasteiger partial charge in [-0.2, -0.15) is 0 Å². The second kappa shape index (κ2) is 4.91. The summed E-state index contributed by atoms with van der Waals surface area (Å²) in [7, 11) is 3.17. The van der Waals surface area contributed by atoms with Gasteiger partial charge < -0.3 is 15.2 Å². The van der Waals surface area contributed by atoms with Gasteiger partial charge in [0.15, 0.2) is 17.3 Å². The minimum Gasteiger partial charge on any atom is -0.493 e. The van der Waals surface area contributed by atoms with Crippen LogP contribution in [0, 0.1) is 5.41 Å². The Balaban J connectivity index is 2.02. The molecule has 1 heterocycles. The standard InChI is InChI=1S/C14H19N5O2/c1-14(4-5-14)8-19-13(16-17-18-19)9-6-11(20-2)12(21-3)7-10(9)15/h6-7H,4-5,8,15H2,1-3H3. The van der Waals surface area contributed by atoms with Gasteiger partial charge in [0.05, 0.1) is 20.8 Å². The lowest BCUT2D eigenvalue weighted by Crippen LogP contribution is -2.11. The average Bonchev–Trinajstić information content (AvgIpc) is 3.02. The van der Waals surface area contributed by atoms with E-state index in [9.17, 15) is 0 Å². The highest BCUT2D eigenvalue weighted by molar-refractivity contribution is 5.75. The maximum atomic E-state index is 6.12. The van der Waals surface area contributed by atoms with Gasteiger partial charge in [-0.15, -0.1) is 5.10 Å². The van der Waals surface area contributed by atoms with E-state index in [0.717, 1.165) is 12.1 Å². The monoisotopic (exact) mass is 289 g/mol. The molecule has 1 aromatic carbocycles. The van der Waals surface area contributed by atoms with Crippen molar-refractivity contribution in [2.24, 2.45) is 5.41 Å². The maximum Gasteiger partial charge on any atom is 0.184 e. The van der Waals surface area contributed by atoms with E-state index < -0.39 is 0 Å². The topological polar surface area (TPSA) is 88.1 Å². The highest BCUT2D eigenvalue weighted by Gasteiger charge is 2.38. The van der Waals surface area contributed by atoms with E-state index in [2.05, 4.69) is 22.4 Å². The Morgan fingerprint density at radius 2 is 1.90 bits per heavy atom. The number of nitrogen functional groups attached to an aromatic ring is 1. The molecule has 3 rings (SSSR count). The van der Waals surface area contributed by atoms with Crippen LogP contribution in [0.4, 0.5) is 5.69 Å². The number of hydrogen-bond acceptors (Lipinski definition) is 6. The molecule has 2 aromatic rings. The molecule has 2 N–H and O–H groups in total. The summed E-state index contributed by atoms with van der Waals surface area (Å²) in [5.41, 5.74) is 7.73. The van der Waals surface area contributed by atoms with E-state index >= 15 is 0 Å². The molecule has 7 heteroatoms. The molecule has 21 heavy (non-hydrogen) atoms. The highest BCUT2D eigenvalue weighted by Crippen LogP contribution is 2.47. The van der Waals surface area contributed by atoms with Crippen molar-refractivity contribution in [2.45, 2.75) is 26.3 Å². The van der Waals surface area contributed by atoms with Crippen molar-refractivity contribution in [3.8, 4) is 22.9 Å². The lowest BCUT2D eigenvalue weighted by molar-refractivity contribution is 0.355. The predicted octanol–water partition coefficient (Wildman–Crippen LogP) is 1.74. The van der Waals surface area contributed by atoms with E-state index in [4.69, 9.17) is 15.2 Å². The Hall–Kier alpha value is -2.31. The zero-order chi connectivity index (χ0) is 15.0. The molecule has 0 bridgehead atoms. The first-order valence-corrected chi connectivity index (χ1v) is 6.84. The van der Waals surface area contributed by atoms with Crippen molar-refractivity contribution in [3.63, 3.8) is 0 Å². The Kier molecular flexibility index (Phi) is 3.19. The number of tetrazole rings is 1. The second-order valence-corrected chi connectivity index (χ2v) is 5.77. The van der Waals surface area contributed by atoms with Crippen LogP contribution in [0.1, 0.15) is 19.8 Å². The number of benzene rings is 1. The van der Waals surface area contributed by atoms with Crippen LogP contribution in [-0.2, 0) is 6.54 Å². The number of methoxy groups -OCH3 is 2. The van der Waals surface area contributed by atoms with Crippen LogP contribution < -0.4 is 15.2 Å². The van der Waals surface area contributed by atoms with E-state index in [0.29, 0.717) is 28.4 Å². The van der Waals surface area contributed by atoms with Gasteiger partial charge in [0, 0.05) is 17.3 Å².